The predicted octanol–water partition coefficient (Wildman–Crippen LogP) is 18.5. The highest BCUT2D eigenvalue weighted by atomic mass is 14.9. The fourth-order valence-electron chi connectivity index (χ4n) is 9.10. The Morgan fingerprint density at radius 2 is 0.314 bits per heavy atom. The number of hydrogen-bond acceptors (Lipinski definition) is 3. The Hall–Kier alpha value is -7.62. The maximum atomic E-state index is 3.54. The average molecular weight is 918 g/mol. The summed E-state index contributed by atoms with van der Waals surface area (Å²) in [5.41, 5.74) is 16.9. The summed E-state index contributed by atoms with van der Waals surface area (Å²) in [5.74, 6) is 0. The van der Waals surface area contributed by atoms with E-state index >= 15 is 0 Å². The first kappa shape index (κ1) is 50.3. The van der Waals surface area contributed by atoms with Crippen LogP contribution in [0.5, 0.6) is 0 Å². The SMILES string of the molecule is C.CC(C)(c1ccccc1)c1ccc(Nc2ccc(C(C)(C)c3ccccc3)cc2)cc1.CC(C)(c1ccccc1)c1ccc(Nc2ccc(Nc3ccc(C(C)(C)c4ccccc4)cc3)cc2)cc1. The van der Waals surface area contributed by atoms with Crippen LogP contribution in [-0.4, -0.2) is 0 Å². The van der Waals surface area contributed by atoms with E-state index in [9.17, 15) is 0 Å². The van der Waals surface area contributed by atoms with Crippen LogP contribution in [0.1, 0.15) is 107 Å². The molecule has 70 heavy (non-hydrogen) atoms. The summed E-state index contributed by atoms with van der Waals surface area (Å²) in [6.45, 7) is 18.2. The van der Waals surface area contributed by atoms with Gasteiger partial charge in [0, 0.05) is 55.8 Å². The summed E-state index contributed by atoms with van der Waals surface area (Å²) in [6, 6.07) is 86.2. The largest absolute Gasteiger partial charge is 0.356 e. The highest BCUT2D eigenvalue weighted by Gasteiger charge is 2.26. The Bertz CT molecular complexity index is 2770. The zero-order valence-corrected chi connectivity index (χ0v) is 41.6. The van der Waals surface area contributed by atoms with Gasteiger partial charge in [-0.25, -0.2) is 0 Å². The summed E-state index contributed by atoms with van der Waals surface area (Å²) in [7, 11) is 0. The number of nitrogens with one attached hydrogen (secondary N) is 3. The van der Waals surface area contributed by atoms with Crippen molar-refractivity contribution in [1.29, 1.82) is 0 Å². The lowest BCUT2D eigenvalue weighted by Gasteiger charge is -2.27. The zero-order valence-electron chi connectivity index (χ0n) is 41.6. The molecule has 3 heteroatoms. The molecule has 3 nitrogen and oxygen atoms in total. The van der Waals surface area contributed by atoms with Crippen LogP contribution in [0.4, 0.5) is 34.1 Å². The first-order valence-corrected chi connectivity index (χ1v) is 24.2. The molecule has 0 heterocycles. The van der Waals surface area contributed by atoms with Crippen LogP contribution in [0.3, 0.4) is 0 Å². The van der Waals surface area contributed by atoms with Gasteiger partial charge >= 0.3 is 0 Å². The second kappa shape index (κ2) is 21.8. The zero-order chi connectivity index (χ0) is 48.5. The predicted molar refractivity (Wildman–Crippen MR) is 303 cm³/mol. The van der Waals surface area contributed by atoms with E-state index in [0.717, 1.165) is 34.1 Å². The van der Waals surface area contributed by atoms with E-state index in [2.05, 4.69) is 314 Å². The lowest BCUT2D eigenvalue weighted by Crippen LogP contribution is -2.18. The Kier molecular flexibility index (Phi) is 15.6. The molecule has 0 aliphatic rings. The van der Waals surface area contributed by atoms with Crippen molar-refractivity contribution in [2.45, 2.75) is 84.5 Å². The minimum atomic E-state index is -0.0391. The third-order valence-electron chi connectivity index (χ3n) is 14.2. The van der Waals surface area contributed by atoms with Gasteiger partial charge < -0.3 is 16.0 Å². The highest BCUT2D eigenvalue weighted by molar-refractivity contribution is 5.67. The summed E-state index contributed by atoms with van der Waals surface area (Å²) in [4.78, 5) is 0. The smallest absolute Gasteiger partial charge is 0.0385 e. The molecule has 9 aromatic carbocycles. The number of hydrogen-bond donors (Lipinski definition) is 3. The fourth-order valence-corrected chi connectivity index (χ4v) is 9.10. The molecule has 9 rings (SSSR count). The van der Waals surface area contributed by atoms with E-state index in [4.69, 9.17) is 0 Å². The van der Waals surface area contributed by atoms with E-state index in [1.54, 1.807) is 0 Å². The first-order valence-electron chi connectivity index (χ1n) is 24.2. The molecule has 0 saturated heterocycles. The Balaban J connectivity index is 0.000000208. The van der Waals surface area contributed by atoms with Gasteiger partial charge in [0.25, 0.3) is 0 Å². The lowest BCUT2D eigenvalue weighted by atomic mass is 9.78. The maximum Gasteiger partial charge on any atom is 0.0385 e. The van der Waals surface area contributed by atoms with Crippen LogP contribution in [0.25, 0.3) is 0 Å². The molecular weight excluding hydrogens is 847 g/mol. The Labute approximate surface area is 419 Å². The van der Waals surface area contributed by atoms with Crippen molar-refractivity contribution in [2.75, 3.05) is 16.0 Å². The molecule has 0 amide bonds. The minimum Gasteiger partial charge on any atom is -0.356 e. The summed E-state index contributed by atoms with van der Waals surface area (Å²) in [6.07, 6.45) is 0. The van der Waals surface area contributed by atoms with Crippen LogP contribution in [0.15, 0.2) is 243 Å². The van der Waals surface area contributed by atoms with Gasteiger partial charge in [0.1, 0.15) is 0 Å². The van der Waals surface area contributed by atoms with Gasteiger partial charge in [-0.1, -0.05) is 233 Å². The molecule has 0 saturated carbocycles. The van der Waals surface area contributed by atoms with Crippen molar-refractivity contribution in [3.8, 4) is 0 Å². The quantitative estimate of drug-likeness (QED) is 0.102. The molecule has 0 aliphatic carbocycles. The van der Waals surface area contributed by atoms with Crippen LogP contribution in [0.2, 0.25) is 0 Å². The van der Waals surface area contributed by atoms with Gasteiger partial charge in [-0.15, -0.1) is 0 Å². The minimum absolute atomic E-state index is 0. The third-order valence-corrected chi connectivity index (χ3v) is 14.2. The van der Waals surface area contributed by atoms with Crippen LogP contribution in [-0.2, 0) is 21.7 Å². The normalized spacial score (nSPS) is 11.6. The molecule has 0 aliphatic heterocycles. The van der Waals surface area contributed by atoms with Gasteiger partial charge in [-0.2, -0.15) is 0 Å². The molecular formula is C67H71N3. The van der Waals surface area contributed by atoms with E-state index in [1.165, 1.54) is 44.5 Å². The highest BCUT2D eigenvalue weighted by Crippen LogP contribution is 2.36. The standard InChI is InChI=1S/C36H36N2.C30H31N.CH4/c1-35(2,27-11-7-5-8-12-27)29-15-19-31(20-16-29)37-33-23-25-34(26-24-33)38-32-21-17-30(18-22-32)36(3,4)28-13-9-6-10-14-28;1-29(2,23-11-7-5-8-12-23)25-15-19-27(20-16-25)31-28-21-17-26(18-22-28)30(3,4)24-13-9-6-10-14-24;/h5-26,37-38H,1-4H3;5-22,31H,1-4H3;1H4. The van der Waals surface area contributed by atoms with Gasteiger partial charge in [-0.05, 0) is 117 Å². The van der Waals surface area contributed by atoms with Crippen LogP contribution in [0, 0.1) is 0 Å². The molecule has 9 aromatic rings. The monoisotopic (exact) mass is 918 g/mol. The molecule has 0 aromatic heterocycles. The summed E-state index contributed by atoms with van der Waals surface area (Å²) < 4.78 is 0. The van der Waals surface area contributed by atoms with E-state index < -0.39 is 0 Å². The molecule has 354 valence electrons. The number of anilines is 6. The van der Waals surface area contributed by atoms with Crippen molar-refractivity contribution in [3.05, 3.63) is 287 Å². The van der Waals surface area contributed by atoms with Crippen molar-refractivity contribution in [1.82, 2.24) is 0 Å². The van der Waals surface area contributed by atoms with Gasteiger partial charge in [-0.3, -0.25) is 0 Å². The van der Waals surface area contributed by atoms with Crippen molar-refractivity contribution < 1.29 is 0 Å². The molecule has 0 bridgehead atoms. The van der Waals surface area contributed by atoms with Crippen molar-refractivity contribution in [2.24, 2.45) is 0 Å². The number of benzene rings is 9. The average Bonchev–Trinajstić information content (AvgIpc) is 3.39. The van der Waals surface area contributed by atoms with Crippen LogP contribution < -0.4 is 16.0 Å². The fraction of sp³-hybridized carbons (Fsp3) is 0.194. The summed E-state index contributed by atoms with van der Waals surface area (Å²) >= 11 is 0. The molecule has 0 spiro atoms. The van der Waals surface area contributed by atoms with Crippen LogP contribution >= 0.6 is 0 Å². The first-order chi connectivity index (χ1) is 33.2. The lowest BCUT2D eigenvalue weighted by molar-refractivity contribution is 0.641. The second-order valence-corrected chi connectivity index (χ2v) is 20.2. The van der Waals surface area contributed by atoms with Gasteiger partial charge in [0.15, 0.2) is 0 Å². The molecule has 0 unspecified atom stereocenters. The van der Waals surface area contributed by atoms with Crippen molar-refractivity contribution >= 4 is 34.1 Å². The van der Waals surface area contributed by atoms with E-state index in [-0.39, 0.29) is 29.1 Å². The number of rotatable bonds is 14. The second-order valence-electron chi connectivity index (χ2n) is 20.2. The Morgan fingerprint density at radius 3 is 0.471 bits per heavy atom. The van der Waals surface area contributed by atoms with Gasteiger partial charge in [0.2, 0.25) is 0 Å². The van der Waals surface area contributed by atoms with E-state index in [0.29, 0.717) is 0 Å². The molecule has 0 fully saturated rings. The third kappa shape index (κ3) is 11.8. The van der Waals surface area contributed by atoms with Gasteiger partial charge in [0.05, 0.1) is 0 Å². The summed E-state index contributed by atoms with van der Waals surface area (Å²) in [5, 5.41) is 10.6. The molecule has 0 atom stereocenters. The Morgan fingerprint density at radius 1 is 0.186 bits per heavy atom. The molecule has 0 radical (unpaired) electrons. The topological polar surface area (TPSA) is 36.1 Å². The van der Waals surface area contributed by atoms with Crippen molar-refractivity contribution in [3.63, 3.8) is 0 Å². The molecule has 3 N–H and O–H groups in total. The maximum absolute atomic E-state index is 3.54. The van der Waals surface area contributed by atoms with E-state index in [1.807, 2.05) is 0 Å².